The third-order valence-electron chi connectivity index (χ3n) is 5.37. The van der Waals surface area contributed by atoms with Gasteiger partial charge in [-0.05, 0) is 43.5 Å². The molecule has 0 aliphatic carbocycles. The van der Waals surface area contributed by atoms with Crippen LogP contribution in [0.5, 0.6) is 0 Å². The van der Waals surface area contributed by atoms with Gasteiger partial charge >= 0.3 is 5.97 Å². The summed E-state index contributed by atoms with van der Waals surface area (Å²) in [6.07, 6.45) is 6.77. The van der Waals surface area contributed by atoms with Crippen molar-refractivity contribution < 1.29 is 18.3 Å². The van der Waals surface area contributed by atoms with Gasteiger partial charge in [0.15, 0.2) is 11.6 Å². The van der Waals surface area contributed by atoms with Gasteiger partial charge in [-0.3, -0.25) is 4.79 Å². The molecule has 0 fully saturated rings. The number of ether oxygens (including phenoxy) is 1. The third-order valence-corrected chi connectivity index (χ3v) is 5.37. The second kappa shape index (κ2) is 9.77. The van der Waals surface area contributed by atoms with E-state index in [0.29, 0.717) is 45.5 Å². The van der Waals surface area contributed by atoms with Gasteiger partial charge in [0.25, 0.3) is 5.56 Å². The van der Waals surface area contributed by atoms with Gasteiger partial charge in [-0.25, -0.2) is 18.6 Å². The molecule has 3 aromatic rings. The molecular formula is C25H25F2N3O3. The molecule has 172 valence electrons. The van der Waals surface area contributed by atoms with Crippen molar-refractivity contribution in [3.63, 3.8) is 0 Å². The van der Waals surface area contributed by atoms with Crippen molar-refractivity contribution in [3.05, 3.63) is 80.9 Å². The molecule has 2 heterocycles. The minimum absolute atomic E-state index is 0.144. The first-order valence-corrected chi connectivity index (χ1v) is 10.4. The molecule has 0 aliphatic rings. The fourth-order valence-electron chi connectivity index (χ4n) is 3.70. The summed E-state index contributed by atoms with van der Waals surface area (Å²) in [6.45, 7) is 5.48. The maximum atomic E-state index is 14.4. The second-order valence-electron chi connectivity index (χ2n) is 7.51. The lowest BCUT2D eigenvalue weighted by Gasteiger charge is -2.19. The van der Waals surface area contributed by atoms with Gasteiger partial charge in [-0.2, -0.15) is 0 Å². The van der Waals surface area contributed by atoms with Crippen LogP contribution in [0, 0.1) is 18.6 Å². The Labute approximate surface area is 190 Å². The summed E-state index contributed by atoms with van der Waals surface area (Å²) in [5, 5.41) is 2.89. The largest absolute Gasteiger partial charge is 0.465 e. The molecule has 6 nitrogen and oxygen atoms in total. The summed E-state index contributed by atoms with van der Waals surface area (Å²) in [4.78, 5) is 28.8. The molecule has 0 atom stereocenters. The highest BCUT2D eigenvalue weighted by Gasteiger charge is 2.21. The predicted octanol–water partition coefficient (Wildman–Crippen LogP) is 5.16. The zero-order chi connectivity index (χ0) is 24.3. The predicted molar refractivity (Wildman–Crippen MR) is 125 cm³/mol. The molecular weight excluding hydrogens is 428 g/mol. The summed E-state index contributed by atoms with van der Waals surface area (Å²) >= 11 is 0. The fraction of sp³-hybridized carbons (Fsp3) is 0.240. The number of aryl methyl sites for hydroxylation is 2. The quantitative estimate of drug-likeness (QED) is 0.522. The average molecular weight is 453 g/mol. The van der Waals surface area contributed by atoms with Crippen LogP contribution in [0.1, 0.15) is 40.9 Å². The smallest absolute Gasteiger partial charge is 0.338 e. The zero-order valence-corrected chi connectivity index (χ0v) is 19.1. The van der Waals surface area contributed by atoms with E-state index < -0.39 is 17.6 Å². The van der Waals surface area contributed by atoms with E-state index in [1.165, 1.54) is 11.7 Å². The lowest BCUT2D eigenvalue weighted by Crippen LogP contribution is -2.20. The van der Waals surface area contributed by atoms with Crippen LogP contribution in [0.15, 0.2) is 41.5 Å². The molecule has 8 heteroatoms. The Hall–Kier alpha value is -3.81. The van der Waals surface area contributed by atoms with Crippen molar-refractivity contribution in [3.8, 4) is 11.1 Å². The van der Waals surface area contributed by atoms with Gasteiger partial charge in [0.05, 0.1) is 18.9 Å². The Kier molecular flexibility index (Phi) is 7.06. The van der Waals surface area contributed by atoms with Gasteiger partial charge in [-0.15, -0.1) is 0 Å². The number of nitrogens with zero attached hydrogens (tertiary/aromatic N) is 2. The number of anilines is 2. The second-order valence-corrected chi connectivity index (χ2v) is 7.51. The Morgan fingerprint density at radius 2 is 1.97 bits per heavy atom. The van der Waals surface area contributed by atoms with Gasteiger partial charge in [0.2, 0.25) is 0 Å². The molecule has 33 heavy (non-hydrogen) atoms. The van der Waals surface area contributed by atoms with Gasteiger partial charge in [0, 0.05) is 41.7 Å². The van der Waals surface area contributed by atoms with Crippen molar-refractivity contribution in [1.29, 1.82) is 0 Å². The van der Waals surface area contributed by atoms with E-state index in [-0.39, 0.29) is 11.4 Å². The summed E-state index contributed by atoms with van der Waals surface area (Å²) < 4.78 is 34.2. The number of carbonyl (C=O) groups excluding carboxylic acids is 1. The highest BCUT2D eigenvalue weighted by Crippen LogP contribution is 2.36. The van der Waals surface area contributed by atoms with Crippen LogP contribution >= 0.6 is 0 Å². The molecule has 0 spiro atoms. The Morgan fingerprint density at radius 1 is 1.24 bits per heavy atom. The van der Waals surface area contributed by atoms with Gasteiger partial charge in [0.1, 0.15) is 5.82 Å². The maximum absolute atomic E-state index is 14.4. The molecule has 3 rings (SSSR count). The maximum Gasteiger partial charge on any atom is 0.338 e. The summed E-state index contributed by atoms with van der Waals surface area (Å²) in [7, 11) is 2.93. The van der Waals surface area contributed by atoms with Crippen molar-refractivity contribution >= 4 is 23.6 Å². The van der Waals surface area contributed by atoms with E-state index >= 15 is 0 Å². The lowest BCUT2D eigenvalue weighted by atomic mass is 9.92. The SMILES string of the molecule is C/C=C\c1c(-c2cc(CC)c(C(=O)OC)cc2Nc2ncc(F)cc2F)cn(C)c(=O)c1C. The average Bonchev–Trinajstić information content (AvgIpc) is 2.80. The normalized spacial score (nSPS) is 11.1. The summed E-state index contributed by atoms with van der Waals surface area (Å²) in [5.41, 5.74) is 3.80. The number of hydrogen-bond donors (Lipinski definition) is 1. The number of carbonyl (C=O) groups is 1. The number of halogens is 2. The Bertz CT molecular complexity index is 1310. The number of esters is 1. The molecule has 1 N–H and O–H groups in total. The first-order chi connectivity index (χ1) is 15.7. The molecule has 0 bridgehead atoms. The van der Waals surface area contributed by atoms with E-state index in [2.05, 4.69) is 10.3 Å². The fourth-order valence-corrected chi connectivity index (χ4v) is 3.70. The molecule has 1 aromatic carbocycles. The van der Waals surface area contributed by atoms with Crippen molar-refractivity contribution in [2.24, 2.45) is 7.05 Å². The lowest BCUT2D eigenvalue weighted by molar-refractivity contribution is 0.0599. The minimum atomic E-state index is -0.884. The van der Waals surface area contributed by atoms with Crippen molar-refractivity contribution in [2.75, 3.05) is 12.4 Å². The number of rotatable bonds is 6. The van der Waals surface area contributed by atoms with E-state index in [1.807, 2.05) is 32.1 Å². The molecule has 0 radical (unpaired) electrons. The highest BCUT2D eigenvalue weighted by atomic mass is 19.1. The topological polar surface area (TPSA) is 73.2 Å². The number of allylic oxidation sites excluding steroid dienone is 1. The first-order valence-electron chi connectivity index (χ1n) is 10.4. The molecule has 0 saturated heterocycles. The summed E-state index contributed by atoms with van der Waals surface area (Å²) in [5.74, 6) is -2.43. The van der Waals surface area contributed by atoms with Gasteiger partial charge in [-0.1, -0.05) is 19.1 Å². The van der Waals surface area contributed by atoms with Crippen LogP contribution in [0.25, 0.3) is 17.2 Å². The minimum Gasteiger partial charge on any atom is -0.465 e. The van der Waals surface area contributed by atoms with Crippen LogP contribution in [-0.2, 0) is 18.2 Å². The molecule has 2 aromatic heterocycles. The van der Waals surface area contributed by atoms with Crippen molar-refractivity contribution in [1.82, 2.24) is 9.55 Å². The van der Waals surface area contributed by atoms with Crippen LogP contribution in [0.3, 0.4) is 0 Å². The number of pyridine rings is 2. The number of aromatic nitrogens is 2. The van der Waals surface area contributed by atoms with Crippen LogP contribution < -0.4 is 10.9 Å². The number of hydrogen-bond acceptors (Lipinski definition) is 5. The van der Waals surface area contributed by atoms with Crippen LogP contribution in [0.2, 0.25) is 0 Å². The number of methoxy groups -OCH3 is 1. The molecule has 0 amide bonds. The van der Waals surface area contributed by atoms with Crippen LogP contribution in [-0.4, -0.2) is 22.6 Å². The molecule has 0 aliphatic heterocycles. The van der Waals surface area contributed by atoms with E-state index in [1.54, 1.807) is 26.2 Å². The zero-order valence-electron chi connectivity index (χ0n) is 19.1. The molecule has 0 saturated carbocycles. The molecule has 0 unspecified atom stereocenters. The third kappa shape index (κ3) is 4.69. The van der Waals surface area contributed by atoms with Crippen LogP contribution in [0.4, 0.5) is 20.3 Å². The Morgan fingerprint density at radius 3 is 2.58 bits per heavy atom. The first kappa shape index (κ1) is 23.8. The van der Waals surface area contributed by atoms with E-state index in [0.717, 1.165) is 12.3 Å². The summed E-state index contributed by atoms with van der Waals surface area (Å²) in [6, 6.07) is 4.09. The van der Waals surface area contributed by atoms with Crippen molar-refractivity contribution in [2.45, 2.75) is 27.2 Å². The number of benzene rings is 1. The Balaban J connectivity index is 2.37. The number of nitrogens with one attached hydrogen (secondary N) is 1. The van der Waals surface area contributed by atoms with E-state index in [9.17, 15) is 18.4 Å². The highest BCUT2D eigenvalue weighted by molar-refractivity contribution is 5.96. The van der Waals surface area contributed by atoms with Gasteiger partial charge < -0.3 is 14.6 Å². The van der Waals surface area contributed by atoms with E-state index in [4.69, 9.17) is 4.74 Å². The monoisotopic (exact) mass is 453 g/mol. The standard InChI is InChI=1S/C25H25F2N3O3/c1-6-8-17-14(3)24(31)30(4)13-20(17)19-9-15(7-2)18(25(32)33-5)11-22(19)29-23-21(27)10-16(26)12-28-23/h6,8-13H,7H2,1-5H3,(H,28,29)/b8-6-.